The van der Waals surface area contributed by atoms with Gasteiger partial charge in [0.1, 0.15) is 24.7 Å². The average Bonchev–Trinajstić information content (AvgIpc) is 3.94. The molecule has 8 heterocycles. The summed E-state index contributed by atoms with van der Waals surface area (Å²) < 4.78 is 20.0. The highest BCUT2D eigenvalue weighted by Crippen LogP contribution is 2.43. The number of hydrogen-bond acceptors (Lipinski definition) is 14. The van der Waals surface area contributed by atoms with E-state index in [0.717, 1.165) is 74.7 Å². The van der Waals surface area contributed by atoms with Gasteiger partial charge in [0.15, 0.2) is 15.6 Å². The molecule has 2 aromatic carbocycles. The van der Waals surface area contributed by atoms with Crippen molar-refractivity contribution < 1.29 is 39.1 Å². The van der Waals surface area contributed by atoms with E-state index in [2.05, 4.69) is 51.5 Å². The molecule has 0 spiro atoms. The number of ether oxygens (including phenoxy) is 3. The van der Waals surface area contributed by atoms with Crippen LogP contribution in [-0.2, 0) is 69.4 Å². The number of thiocarbonyl (C=S) groups is 2. The molecule has 10 rings (SSSR count). The van der Waals surface area contributed by atoms with Gasteiger partial charge in [-0.25, -0.2) is 19.6 Å². The molecule has 0 saturated carbocycles. The van der Waals surface area contributed by atoms with E-state index >= 15 is 0 Å². The van der Waals surface area contributed by atoms with E-state index in [4.69, 9.17) is 48.0 Å². The third-order valence-electron chi connectivity index (χ3n) is 14.7. The standard InChI is InChI=1S/C28H33N3O5SSi.C25H28N2O5Si.C3H6ClNS/c1-7-28(34)21-13-23-24-19(14-31(23)25(32)20(21)15-35-26(28)33)17(10-11-38(4,5)6)18-12-16(8-9-22(18)29-24)36-27(37)30(2)3;1-5-25(31)19-11-21-22-17(12-27(21)23(29)18(19)13-32-24(25)30)15(8-9-33(2,3)4)16-10-14(28)6-7-20(16)26-22;1-5(2)3(4)6/h8-9,12-13,34H,7,10-11,14-15H2,1-6H3;6-7,10-11,28,31H,5,8-9,12-13H2,1-4H3;1-2H3/t28-;25-;/m00./s1. The summed E-state index contributed by atoms with van der Waals surface area (Å²) in [7, 11) is 4.53. The molecule has 0 fully saturated rings. The predicted molar refractivity (Wildman–Crippen MR) is 313 cm³/mol. The maximum absolute atomic E-state index is 13.6. The highest BCUT2D eigenvalue weighted by atomic mass is 35.5. The second-order valence-corrected chi connectivity index (χ2v) is 35.5. The van der Waals surface area contributed by atoms with Crippen LogP contribution in [-0.4, -0.2) is 110 Å². The topological polar surface area (TPSA) is 199 Å². The molecular weight excluding hydrogens is 1070 g/mol. The predicted octanol–water partition coefficient (Wildman–Crippen LogP) is 8.92. The minimum Gasteiger partial charge on any atom is -0.508 e. The first-order valence-electron chi connectivity index (χ1n) is 25.7. The molecule has 4 aromatic heterocycles. The Balaban J connectivity index is 0.000000186. The summed E-state index contributed by atoms with van der Waals surface area (Å²) in [5.41, 5.74) is 5.51. The van der Waals surface area contributed by atoms with Crippen molar-refractivity contribution in [2.24, 2.45) is 0 Å². The Kier molecular flexibility index (Phi) is 15.9. The van der Waals surface area contributed by atoms with Crippen molar-refractivity contribution in [1.82, 2.24) is 28.9 Å². The van der Waals surface area contributed by atoms with Crippen LogP contribution < -0.4 is 15.9 Å². The second-order valence-electron chi connectivity index (χ2n) is 23.0. The number of fused-ring (bicyclic) bond motifs is 10. The number of aryl methyl sites for hydroxylation is 2. The first-order valence-corrected chi connectivity index (χ1v) is 34.3. The zero-order valence-electron chi connectivity index (χ0n) is 45.8. The third-order valence-corrected chi connectivity index (χ3v) is 19.4. The van der Waals surface area contributed by atoms with E-state index in [1.807, 2.05) is 32.3 Å². The number of aromatic nitrogens is 4. The van der Waals surface area contributed by atoms with Crippen LogP contribution >= 0.6 is 36.0 Å². The van der Waals surface area contributed by atoms with Gasteiger partial charge in [-0.3, -0.25) is 9.59 Å². The van der Waals surface area contributed by atoms with Crippen molar-refractivity contribution in [2.75, 3.05) is 28.2 Å². The van der Waals surface area contributed by atoms with Crippen LogP contribution in [0.5, 0.6) is 11.5 Å². The summed E-state index contributed by atoms with van der Waals surface area (Å²) in [6.45, 7) is 17.9. The lowest BCUT2D eigenvalue weighted by atomic mass is 9.86. The van der Waals surface area contributed by atoms with Crippen molar-refractivity contribution in [1.29, 1.82) is 0 Å². The number of benzene rings is 2. The number of carbonyl (C=O) groups excluding carboxylic acids is 2. The first kappa shape index (κ1) is 57.3. The molecule has 6 aromatic rings. The number of pyridine rings is 4. The Morgan fingerprint density at radius 3 is 1.48 bits per heavy atom. The molecule has 77 heavy (non-hydrogen) atoms. The molecule has 408 valence electrons. The number of rotatable bonds is 9. The van der Waals surface area contributed by atoms with Crippen LogP contribution in [0.3, 0.4) is 0 Å². The Morgan fingerprint density at radius 1 is 0.675 bits per heavy atom. The maximum atomic E-state index is 13.6. The van der Waals surface area contributed by atoms with Gasteiger partial charge < -0.3 is 48.5 Å². The van der Waals surface area contributed by atoms with Crippen molar-refractivity contribution in [3.8, 4) is 34.3 Å². The number of nitrogens with zero attached hydrogens (tertiary/aromatic N) is 6. The molecular formula is C56H67ClN6O10S2Si2. The van der Waals surface area contributed by atoms with E-state index in [1.54, 1.807) is 77.2 Å². The number of hydrogen-bond donors (Lipinski definition) is 3. The van der Waals surface area contributed by atoms with Gasteiger partial charge in [-0.05, 0) is 110 Å². The van der Waals surface area contributed by atoms with Crippen molar-refractivity contribution in [3.63, 3.8) is 0 Å². The zero-order chi connectivity index (χ0) is 56.4. The second kappa shape index (κ2) is 21.4. The number of carbonyl (C=O) groups is 2. The van der Waals surface area contributed by atoms with E-state index < -0.39 is 39.3 Å². The number of halogens is 1. The molecule has 0 aliphatic carbocycles. The number of phenols is 1. The van der Waals surface area contributed by atoms with Crippen LogP contribution in [0.4, 0.5) is 0 Å². The molecule has 0 unspecified atom stereocenters. The molecule has 21 heteroatoms. The minimum atomic E-state index is -1.85. The lowest BCUT2D eigenvalue weighted by Gasteiger charge is -2.31. The smallest absolute Gasteiger partial charge is 0.343 e. The van der Waals surface area contributed by atoms with Gasteiger partial charge in [0.25, 0.3) is 16.3 Å². The van der Waals surface area contributed by atoms with Gasteiger partial charge >= 0.3 is 11.9 Å². The summed E-state index contributed by atoms with van der Waals surface area (Å²) in [6, 6.07) is 16.5. The number of cyclic esters (lactones) is 2. The summed E-state index contributed by atoms with van der Waals surface area (Å²) in [5.74, 6) is -0.622. The summed E-state index contributed by atoms with van der Waals surface area (Å²) in [6.07, 6.45) is 1.91. The zero-order valence-corrected chi connectivity index (χ0v) is 50.2. The summed E-state index contributed by atoms with van der Waals surface area (Å²) in [5, 5.41) is 34.7. The van der Waals surface area contributed by atoms with Gasteiger partial charge in [0, 0.05) is 77.4 Å². The SMILES string of the molecule is CC[C@@]1(O)C(=O)OCc2c1cc1n(c2=O)Cc2c-1nc1ccc(O)cc1c2CC[Si](C)(C)C.CC[C@@]1(O)C(=O)OCc2c1cc1n(c2=O)Cc2c-1nc1ccc(OC(=S)N(C)C)cc1c2CC[Si](C)(C)C.CN(C)C(=S)Cl. The Hall–Kier alpha value is -5.88. The molecule has 2 atom stereocenters. The van der Waals surface area contributed by atoms with Crippen LogP contribution in [0.1, 0.15) is 71.2 Å². The molecule has 0 saturated heterocycles. The molecule has 16 nitrogen and oxygen atoms in total. The van der Waals surface area contributed by atoms with Gasteiger partial charge in [0.05, 0.1) is 58.0 Å². The Bertz CT molecular complexity index is 3570. The van der Waals surface area contributed by atoms with Crippen LogP contribution in [0, 0.1) is 0 Å². The molecule has 0 amide bonds. The van der Waals surface area contributed by atoms with E-state index in [0.29, 0.717) is 67.8 Å². The van der Waals surface area contributed by atoms with Crippen LogP contribution in [0.15, 0.2) is 58.1 Å². The van der Waals surface area contributed by atoms with Crippen molar-refractivity contribution >= 4 is 95.6 Å². The fourth-order valence-corrected chi connectivity index (χ4v) is 12.2. The Labute approximate surface area is 465 Å². The third kappa shape index (κ3) is 11.0. The lowest BCUT2D eigenvalue weighted by Crippen LogP contribution is -2.44. The van der Waals surface area contributed by atoms with Crippen molar-refractivity contribution in [3.05, 3.63) is 114 Å². The van der Waals surface area contributed by atoms with E-state index in [-0.39, 0.29) is 42.9 Å². The lowest BCUT2D eigenvalue weighted by molar-refractivity contribution is -0.172. The average molecular weight is 1140 g/mol. The maximum Gasteiger partial charge on any atom is 0.343 e. The van der Waals surface area contributed by atoms with Crippen molar-refractivity contribution in [2.45, 2.75) is 128 Å². The van der Waals surface area contributed by atoms with Gasteiger partial charge in [-0.15, -0.1) is 0 Å². The molecule has 0 radical (unpaired) electrons. The number of aromatic hydroxyl groups is 1. The van der Waals surface area contributed by atoms with Gasteiger partial charge in [0.2, 0.25) is 0 Å². The summed E-state index contributed by atoms with van der Waals surface area (Å²) >= 11 is 15.1. The molecule has 4 aliphatic rings. The largest absolute Gasteiger partial charge is 0.508 e. The summed E-state index contributed by atoms with van der Waals surface area (Å²) in [4.78, 5) is 65.3. The monoisotopic (exact) mass is 1140 g/mol. The highest BCUT2D eigenvalue weighted by Gasteiger charge is 2.47. The molecule has 3 N–H and O–H groups in total. The number of aliphatic hydroxyl groups is 2. The first-order chi connectivity index (χ1) is 36.0. The van der Waals surface area contributed by atoms with Gasteiger partial charge in [-0.1, -0.05) is 76.8 Å². The number of phenolic OH excluding ortho intramolecular Hbond substituents is 1. The normalized spacial score (nSPS) is 17.8. The van der Waals surface area contributed by atoms with E-state index in [9.17, 15) is 34.5 Å². The molecule has 4 aliphatic heterocycles. The van der Waals surface area contributed by atoms with Gasteiger partial charge in [-0.2, -0.15) is 0 Å². The minimum absolute atomic E-state index is 0.110. The fraction of sp³-hybridized carbons (Fsp3) is 0.429. The molecule has 0 bridgehead atoms. The number of esters is 2. The fourth-order valence-electron chi connectivity index (χ4n) is 10.1. The van der Waals surface area contributed by atoms with E-state index in [1.165, 1.54) is 0 Å². The van der Waals surface area contributed by atoms with Crippen LogP contribution in [0.2, 0.25) is 51.4 Å². The van der Waals surface area contributed by atoms with Crippen LogP contribution in [0.25, 0.3) is 44.6 Å². The Morgan fingerprint density at radius 2 is 1.09 bits per heavy atom. The quantitative estimate of drug-likeness (QED) is 0.0407. The highest BCUT2D eigenvalue weighted by molar-refractivity contribution is 7.83.